The third kappa shape index (κ3) is 6.63. The number of amides is 1. The van der Waals surface area contributed by atoms with Gasteiger partial charge in [-0.25, -0.2) is 4.39 Å². The van der Waals surface area contributed by atoms with E-state index < -0.39 is 15.9 Å². The van der Waals surface area contributed by atoms with Gasteiger partial charge in [0.25, 0.3) is 5.91 Å². The van der Waals surface area contributed by atoms with Gasteiger partial charge in [0.15, 0.2) is 0 Å². The van der Waals surface area contributed by atoms with E-state index in [0.29, 0.717) is 25.3 Å². The molecule has 0 saturated heterocycles. The van der Waals surface area contributed by atoms with Gasteiger partial charge in [-0.3, -0.25) is 4.79 Å². The van der Waals surface area contributed by atoms with Crippen LogP contribution in [0.15, 0.2) is 77.7 Å². The van der Waals surface area contributed by atoms with E-state index in [4.69, 9.17) is 8.92 Å². The van der Waals surface area contributed by atoms with Crippen LogP contribution in [0.3, 0.4) is 0 Å². The first-order valence-corrected chi connectivity index (χ1v) is 11.9. The summed E-state index contributed by atoms with van der Waals surface area (Å²) in [6, 6.07) is 18.3. The molecule has 0 aliphatic rings. The summed E-state index contributed by atoms with van der Waals surface area (Å²) in [6.45, 7) is 3.17. The van der Waals surface area contributed by atoms with E-state index in [1.54, 1.807) is 24.1 Å². The van der Waals surface area contributed by atoms with Crippen molar-refractivity contribution in [1.82, 2.24) is 4.90 Å². The zero-order valence-corrected chi connectivity index (χ0v) is 19.3. The molecule has 33 heavy (non-hydrogen) atoms. The number of nitrogens with zero attached hydrogens (tertiary/aromatic N) is 1. The molecular weight excluding hydrogens is 445 g/mol. The lowest BCUT2D eigenvalue weighted by Crippen LogP contribution is -2.33. The summed E-state index contributed by atoms with van der Waals surface area (Å²) in [7, 11) is -2.51. The molecule has 6 nitrogen and oxygen atoms in total. The van der Waals surface area contributed by atoms with Gasteiger partial charge in [0, 0.05) is 25.8 Å². The van der Waals surface area contributed by atoms with Crippen molar-refractivity contribution in [3.05, 3.63) is 95.3 Å². The molecule has 0 N–H and O–H groups in total. The molecule has 0 aliphatic heterocycles. The standard InChI is InChI=1S/C25H26FNO5S/c1-3-19-4-8-21(9-5-19)25(28)27(16-17-31-2)18-20-6-12-23(13-7-20)32-33(29,30)24-14-10-22(26)11-15-24/h4-15H,3,16-18H2,1-2H3. The van der Waals surface area contributed by atoms with Crippen molar-refractivity contribution in [2.45, 2.75) is 24.8 Å². The summed E-state index contributed by atoms with van der Waals surface area (Å²) in [5.74, 6) is -0.533. The summed E-state index contributed by atoms with van der Waals surface area (Å²) in [6.07, 6.45) is 0.896. The Hall–Kier alpha value is -3.23. The van der Waals surface area contributed by atoms with Gasteiger partial charge in [0.1, 0.15) is 16.5 Å². The number of carbonyl (C=O) groups is 1. The molecule has 0 heterocycles. The lowest BCUT2D eigenvalue weighted by molar-refractivity contribution is 0.0680. The first-order chi connectivity index (χ1) is 15.8. The third-order valence-corrected chi connectivity index (χ3v) is 6.33. The summed E-state index contributed by atoms with van der Waals surface area (Å²) in [4.78, 5) is 14.6. The molecule has 174 valence electrons. The van der Waals surface area contributed by atoms with E-state index in [0.717, 1.165) is 41.8 Å². The van der Waals surface area contributed by atoms with Gasteiger partial charge in [-0.1, -0.05) is 31.2 Å². The zero-order chi connectivity index (χ0) is 23.8. The van der Waals surface area contributed by atoms with Crippen LogP contribution in [-0.2, 0) is 27.8 Å². The molecule has 3 aromatic rings. The highest BCUT2D eigenvalue weighted by atomic mass is 32.2. The zero-order valence-electron chi connectivity index (χ0n) is 18.5. The van der Waals surface area contributed by atoms with E-state index in [2.05, 4.69) is 6.92 Å². The second-order valence-corrected chi connectivity index (χ2v) is 8.95. The Labute approximate surface area is 193 Å². The highest BCUT2D eigenvalue weighted by Gasteiger charge is 2.18. The average molecular weight is 472 g/mol. The van der Waals surface area contributed by atoms with Crippen molar-refractivity contribution in [1.29, 1.82) is 0 Å². The van der Waals surface area contributed by atoms with Crippen molar-refractivity contribution in [2.75, 3.05) is 20.3 Å². The van der Waals surface area contributed by atoms with Crippen LogP contribution < -0.4 is 4.18 Å². The first kappa shape index (κ1) is 24.4. The number of hydrogen-bond acceptors (Lipinski definition) is 5. The van der Waals surface area contributed by atoms with Crippen molar-refractivity contribution >= 4 is 16.0 Å². The Bertz CT molecular complexity index is 1160. The van der Waals surface area contributed by atoms with Gasteiger partial charge in [-0.2, -0.15) is 8.42 Å². The van der Waals surface area contributed by atoms with Gasteiger partial charge < -0.3 is 13.8 Å². The van der Waals surface area contributed by atoms with E-state index in [1.807, 2.05) is 24.3 Å². The number of rotatable bonds is 10. The van der Waals surface area contributed by atoms with Crippen LogP contribution in [0.5, 0.6) is 5.75 Å². The number of ether oxygens (including phenoxy) is 1. The molecule has 0 unspecified atom stereocenters. The monoisotopic (exact) mass is 471 g/mol. The van der Waals surface area contributed by atoms with Gasteiger partial charge in [0.2, 0.25) is 0 Å². The largest absolute Gasteiger partial charge is 0.383 e. The van der Waals surface area contributed by atoms with Crippen molar-refractivity contribution in [2.24, 2.45) is 0 Å². The molecule has 3 aromatic carbocycles. The number of methoxy groups -OCH3 is 1. The van der Waals surface area contributed by atoms with Crippen LogP contribution in [0.25, 0.3) is 0 Å². The molecule has 0 saturated carbocycles. The average Bonchev–Trinajstić information content (AvgIpc) is 2.82. The van der Waals surface area contributed by atoms with Crippen molar-refractivity contribution in [3.8, 4) is 5.75 Å². The summed E-state index contributed by atoms with van der Waals surface area (Å²) in [5.41, 5.74) is 2.55. The minimum atomic E-state index is -4.08. The minimum absolute atomic E-state index is 0.117. The van der Waals surface area contributed by atoms with Crippen LogP contribution in [0, 0.1) is 5.82 Å². The first-order valence-electron chi connectivity index (χ1n) is 10.5. The van der Waals surface area contributed by atoms with E-state index in [1.165, 1.54) is 12.1 Å². The molecule has 0 fully saturated rings. The topological polar surface area (TPSA) is 72.9 Å². The van der Waals surface area contributed by atoms with Gasteiger partial charge in [-0.05, 0) is 66.1 Å². The molecule has 3 rings (SSSR count). The predicted molar refractivity (Wildman–Crippen MR) is 123 cm³/mol. The van der Waals surface area contributed by atoms with Crippen LogP contribution in [0.2, 0.25) is 0 Å². The number of halogens is 1. The molecule has 0 aliphatic carbocycles. The smallest absolute Gasteiger partial charge is 0.339 e. The molecule has 0 atom stereocenters. The van der Waals surface area contributed by atoms with E-state index in [9.17, 15) is 17.6 Å². The van der Waals surface area contributed by atoms with Gasteiger partial charge in [-0.15, -0.1) is 0 Å². The van der Waals surface area contributed by atoms with Crippen molar-refractivity contribution < 1.29 is 26.5 Å². The third-order valence-electron chi connectivity index (χ3n) is 5.07. The molecule has 0 aromatic heterocycles. The summed E-state index contributed by atoms with van der Waals surface area (Å²) >= 11 is 0. The second-order valence-electron chi connectivity index (χ2n) is 7.41. The maximum Gasteiger partial charge on any atom is 0.339 e. The Morgan fingerprint density at radius 1 is 0.909 bits per heavy atom. The number of carbonyl (C=O) groups excluding carboxylic acids is 1. The Balaban J connectivity index is 1.71. The van der Waals surface area contributed by atoms with Crippen molar-refractivity contribution in [3.63, 3.8) is 0 Å². The number of hydrogen-bond donors (Lipinski definition) is 0. The SMILES string of the molecule is CCc1ccc(C(=O)N(CCOC)Cc2ccc(OS(=O)(=O)c3ccc(F)cc3)cc2)cc1. The predicted octanol–water partition coefficient (Wildman–Crippen LogP) is 4.44. The van der Waals surface area contributed by atoms with Crippen LogP contribution in [0.4, 0.5) is 4.39 Å². The van der Waals surface area contributed by atoms with Crippen LogP contribution in [0.1, 0.15) is 28.4 Å². The second kappa shape index (κ2) is 11.1. The van der Waals surface area contributed by atoms with Gasteiger partial charge in [0.05, 0.1) is 6.61 Å². The van der Waals surface area contributed by atoms with Gasteiger partial charge >= 0.3 is 10.1 Å². The Morgan fingerprint density at radius 2 is 1.52 bits per heavy atom. The van der Waals surface area contributed by atoms with Crippen LogP contribution >= 0.6 is 0 Å². The number of aryl methyl sites for hydroxylation is 1. The van der Waals surface area contributed by atoms with E-state index in [-0.39, 0.29) is 16.6 Å². The molecule has 0 spiro atoms. The summed E-state index contributed by atoms with van der Waals surface area (Å²) in [5, 5.41) is 0. The summed E-state index contributed by atoms with van der Waals surface area (Å²) < 4.78 is 48.1. The molecule has 1 amide bonds. The Kier molecular flexibility index (Phi) is 8.19. The maximum absolute atomic E-state index is 13.1. The van der Waals surface area contributed by atoms with E-state index >= 15 is 0 Å². The maximum atomic E-state index is 13.1. The lowest BCUT2D eigenvalue weighted by atomic mass is 10.1. The quantitative estimate of drug-likeness (QED) is 0.409. The number of benzene rings is 3. The lowest BCUT2D eigenvalue weighted by Gasteiger charge is -2.23. The Morgan fingerprint density at radius 3 is 2.09 bits per heavy atom. The minimum Gasteiger partial charge on any atom is -0.383 e. The fourth-order valence-corrected chi connectivity index (χ4v) is 4.10. The normalized spacial score (nSPS) is 11.2. The fraction of sp³-hybridized carbons (Fsp3) is 0.240. The fourth-order valence-electron chi connectivity index (χ4n) is 3.17. The molecule has 8 heteroatoms. The molecule has 0 radical (unpaired) electrons. The molecule has 0 bridgehead atoms. The highest BCUT2D eigenvalue weighted by molar-refractivity contribution is 7.87. The molecular formula is C25H26FNO5S. The highest BCUT2D eigenvalue weighted by Crippen LogP contribution is 2.21. The van der Waals surface area contributed by atoms with Crippen LogP contribution in [-0.4, -0.2) is 39.5 Å².